The van der Waals surface area contributed by atoms with Crippen molar-refractivity contribution in [3.05, 3.63) is 23.7 Å². The van der Waals surface area contributed by atoms with E-state index in [0.29, 0.717) is 6.04 Å². The van der Waals surface area contributed by atoms with E-state index in [9.17, 15) is 0 Å². The standard InChI is InChI=1S/C13H23NO/c1-5-12-6-7-13(15-12)9-14-11(4)8-10(2)3/h6-7,10-11,14H,5,8-9H2,1-4H3/t11-/m1/s1. The number of hydrogen-bond acceptors (Lipinski definition) is 2. The van der Waals surface area contributed by atoms with Gasteiger partial charge in [0, 0.05) is 12.5 Å². The molecule has 1 heterocycles. The fourth-order valence-corrected chi connectivity index (χ4v) is 1.77. The van der Waals surface area contributed by atoms with Crippen molar-refractivity contribution in [1.82, 2.24) is 5.32 Å². The molecule has 1 rings (SSSR count). The van der Waals surface area contributed by atoms with E-state index in [0.717, 1.165) is 30.4 Å². The van der Waals surface area contributed by atoms with Crippen LogP contribution in [0.2, 0.25) is 0 Å². The minimum atomic E-state index is 0.556. The molecule has 1 N–H and O–H groups in total. The van der Waals surface area contributed by atoms with Gasteiger partial charge in [0.25, 0.3) is 0 Å². The van der Waals surface area contributed by atoms with Crippen molar-refractivity contribution in [3.8, 4) is 0 Å². The van der Waals surface area contributed by atoms with Gasteiger partial charge in [0.05, 0.1) is 6.54 Å². The Morgan fingerprint density at radius 3 is 2.40 bits per heavy atom. The highest BCUT2D eigenvalue weighted by atomic mass is 16.3. The zero-order valence-corrected chi connectivity index (χ0v) is 10.3. The van der Waals surface area contributed by atoms with Crippen LogP contribution in [-0.2, 0) is 13.0 Å². The van der Waals surface area contributed by atoms with Gasteiger partial charge in [-0.2, -0.15) is 0 Å². The van der Waals surface area contributed by atoms with Crippen molar-refractivity contribution in [1.29, 1.82) is 0 Å². The summed E-state index contributed by atoms with van der Waals surface area (Å²) >= 11 is 0. The molecule has 0 spiro atoms. The maximum absolute atomic E-state index is 5.63. The number of furan rings is 1. The van der Waals surface area contributed by atoms with Crippen LogP contribution < -0.4 is 5.32 Å². The lowest BCUT2D eigenvalue weighted by Crippen LogP contribution is -2.26. The molecule has 2 heteroatoms. The van der Waals surface area contributed by atoms with Gasteiger partial charge in [-0.3, -0.25) is 0 Å². The van der Waals surface area contributed by atoms with Crippen molar-refractivity contribution < 1.29 is 4.42 Å². The van der Waals surface area contributed by atoms with Gasteiger partial charge in [-0.25, -0.2) is 0 Å². The summed E-state index contributed by atoms with van der Waals surface area (Å²) < 4.78 is 5.63. The summed E-state index contributed by atoms with van der Waals surface area (Å²) in [5.74, 6) is 2.86. The first-order valence-corrected chi connectivity index (χ1v) is 5.92. The zero-order chi connectivity index (χ0) is 11.3. The Hall–Kier alpha value is -0.760. The van der Waals surface area contributed by atoms with Gasteiger partial charge in [0.2, 0.25) is 0 Å². The number of nitrogens with one attached hydrogen (secondary N) is 1. The van der Waals surface area contributed by atoms with E-state index in [2.05, 4.69) is 45.1 Å². The summed E-state index contributed by atoms with van der Waals surface area (Å²) in [6, 6.07) is 4.68. The molecular weight excluding hydrogens is 186 g/mol. The number of hydrogen-bond donors (Lipinski definition) is 1. The molecule has 0 saturated heterocycles. The van der Waals surface area contributed by atoms with Crippen LogP contribution >= 0.6 is 0 Å². The maximum Gasteiger partial charge on any atom is 0.117 e. The molecule has 0 amide bonds. The Kier molecular flexibility index (Phi) is 4.89. The monoisotopic (exact) mass is 209 g/mol. The Balaban J connectivity index is 2.30. The third-order valence-electron chi connectivity index (χ3n) is 2.52. The van der Waals surface area contributed by atoms with Crippen LogP contribution in [0.15, 0.2) is 16.5 Å². The lowest BCUT2D eigenvalue weighted by Gasteiger charge is -2.14. The summed E-state index contributed by atoms with van der Waals surface area (Å²) in [6.07, 6.45) is 2.18. The van der Waals surface area contributed by atoms with E-state index in [-0.39, 0.29) is 0 Å². The molecule has 15 heavy (non-hydrogen) atoms. The molecule has 0 aliphatic heterocycles. The fraction of sp³-hybridized carbons (Fsp3) is 0.692. The summed E-state index contributed by atoms with van der Waals surface area (Å²) in [5, 5.41) is 3.47. The average molecular weight is 209 g/mol. The third-order valence-corrected chi connectivity index (χ3v) is 2.52. The van der Waals surface area contributed by atoms with Crippen LogP contribution in [0, 0.1) is 5.92 Å². The summed E-state index contributed by atoms with van der Waals surface area (Å²) in [7, 11) is 0. The molecule has 0 aromatic carbocycles. The smallest absolute Gasteiger partial charge is 0.117 e. The highest BCUT2D eigenvalue weighted by Gasteiger charge is 2.06. The molecule has 1 aromatic heterocycles. The lowest BCUT2D eigenvalue weighted by atomic mass is 10.1. The van der Waals surface area contributed by atoms with Crippen molar-refractivity contribution >= 4 is 0 Å². The normalized spacial score (nSPS) is 13.4. The van der Waals surface area contributed by atoms with Crippen molar-refractivity contribution in [2.24, 2.45) is 5.92 Å². The first-order chi connectivity index (χ1) is 7.11. The van der Waals surface area contributed by atoms with E-state index >= 15 is 0 Å². The highest BCUT2D eigenvalue weighted by Crippen LogP contribution is 2.09. The second-order valence-electron chi connectivity index (χ2n) is 4.63. The van der Waals surface area contributed by atoms with Gasteiger partial charge in [0.1, 0.15) is 11.5 Å². The minimum Gasteiger partial charge on any atom is -0.465 e. The molecule has 0 unspecified atom stereocenters. The SMILES string of the molecule is CCc1ccc(CN[C@H](C)CC(C)C)o1. The van der Waals surface area contributed by atoms with Gasteiger partial charge in [0.15, 0.2) is 0 Å². The summed E-state index contributed by atoms with van der Waals surface area (Å²) in [5.41, 5.74) is 0. The first kappa shape index (κ1) is 12.3. The molecular formula is C13H23NO. The topological polar surface area (TPSA) is 25.2 Å². The average Bonchev–Trinajstić information content (AvgIpc) is 2.61. The largest absolute Gasteiger partial charge is 0.465 e. The zero-order valence-electron chi connectivity index (χ0n) is 10.3. The summed E-state index contributed by atoms with van der Waals surface area (Å²) in [6.45, 7) is 9.68. The molecule has 1 atom stereocenters. The Morgan fingerprint density at radius 1 is 1.20 bits per heavy atom. The quantitative estimate of drug-likeness (QED) is 0.777. The molecule has 86 valence electrons. The molecule has 1 aromatic rings. The number of aryl methyl sites for hydroxylation is 1. The van der Waals surface area contributed by atoms with Crippen molar-refractivity contribution in [2.45, 2.75) is 53.1 Å². The Bertz CT molecular complexity index is 278. The van der Waals surface area contributed by atoms with Crippen LogP contribution in [0.1, 0.15) is 45.6 Å². The highest BCUT2D eigenvalue weighted by molar-refractivity contribution is 5.06. The Morgan fingerprint density at radius 2 is 1.87 bits per heavy atom. The van der Waals surface area contributed by atoms with Gasteiger partial charge >= 0.3 is 0 Å². The van der Waals surface area contributed by atoms with Crippen LogP contribution in [0.4, 0.5) is 0 Å². The summed E-state index contributed by atoms with van der Waals surface area (Å²) in [4.78, 5) is 0. The number of rotatable bonds is 6. The predicted molar refractivity (Wildman–Crippen MR) is 63.8 cm³/mol. The van der Waals surface area contributed by atoms with E-state index in [1.807, 2.05) is 0 Å². The second kappa shape index (κ2) is 5.96. The fourth-order valence-electron chi connectivity index (χ4n) is 1.77. The molecule has 2 nitrogen and oxygen atoms in total. The first-order valence-electron chi connectivity index (χ1n) is 5.92. The molecule has 0 bridgehead atoms. The third kappa shape index (κ3) is 4.52. The van der Waals surface area contributed by atoms with Crippen LogP contribution in [-0.4, -0.2) is 6.04 Å². The van der Waals surface area contributed by atoms with Crippen LogP contribution in [0.25, 0.3) is 0 Å². The Labute approximate surface area is 93.1 Å². The van der Waals surface area contributed by atoms with E-state index in [1.165, 1.54) is 6.42 Å². The molecule has 0 fully saturated rings. The second-order valence-corrected chi connectivity index (χ2v) is 4.63. The van der Waals surface area contributed by atoms with Gasteiger partial charge < -0.3 is 9.73 Å². The predicted octanol–water partition coefficient (Wildman–Crippen LogP) is 3.37. The molecule has 0 aliphatic rings. The van der Waals surface area contributed by atoms with Gasteiger partial charge in [-0.05, 0) is 31.4 Å². The maximum atomic E-state index is 5.63. The minimum absolute atomic E-state index is 0.556. The van der Waals surface area contributed by atoms with Gasteiger partial charge in [-0.1, -0.05) is 20.8 Å². The van der Waals surface area contributed by atoms with Crippen molar-refractivity contribution in [2.75, 3.05) is 0 Å². The molecule has 0 aliphatic carbocycles. The molecule has 0 saturated carbocycles. The van der Waals surface area contributed by atoms with Crippen LogP contribution in [0.5, 0.6) is 0 Å². The van der Waals surface area contributed by atoms with Gasteiger partial charge in [-0.15, -0.1) is 0 Å². The molecule has 0 radical (unpaired) electrons. The van der Waals surface area contributed by atoms with Crippen molar-refractivity contribution in [3.63, 3.8) is 0 Å². The van der Waals surface area contributed by atoms with Crippen LogP contribution in [0.3, 0.4) is 0 Å². The van der Waals surface area contributed by atoms with E-state index in [4.69, 9.17) is 4.42 Å². The van der Waals surface area contributed by atoms with E-state index < -0.39 is 0 Å². The lowest BCUT2D eigenvalue weighted by molar-refractivity contribution is 0.400. The van der Waals surface area contributed by atoms with E-state index in [1.54, 1.807) is 0 Å².